The number of aromatic nitrogens is 2. The molecule has 2 aliphatic rings. The van der Waals surface area contributed by atoms with E-state index in [4.69, 9.17) is 4.74 Å². The van der Waals surface area contributed by atoms with Crippen LogP contribution in [-0.4, -0.2) is 65.2 Å². The molecule has 0 bridgehead atoms. The van der Waals surface area contributed by atoms with Crippen molar-refractivity contribution in [2.45, 2.75) is 32.8 Å². The van der Waals surface area contributed by atoms with Crippen molar-refractivity contribution in [3.63, 3.8) is 0 Å². The summed E-state index contributed by atoms with van der Waals surface area (Å²) >= 11 is 0. The molecule has 35 heavy (non-hydrogen) atoms. The smallest absolute Gasteiger partial charge is 0.410 e. The number of fused-ring (bicyclic) bond motifs is 1. The number of H-pyrrole nitrogens is 1. The topological polar surface area (TPSA) is 90.6 Å². The van der Waals surface area contributed by atoms with E-state index in [0.29, 0.717) is 19.6 Å². The third kappa shape index (κ3) is 5.01. The van der Waals surface area contributed by atoms with Crippen molar-refractivity contribution in [1.82, 2.24) is 20.2 Å². The van der Waals surface area contributed by atoms with Gasteiger partial charge < -0.3 is 24.8 Å². The number of aromatic amines is 1. The van der Waals surface area contributed by atoms with Gasteiger partial charge in [-0.2, -0.15) is 0 Å². The van der Waals surface area contributed by atoms with Crippen LogP contribution in [-0.2, 0) is 11.2 Å². The van der Waals surface area contributed by atoms with Gasteiger partial charge in [0.25, 0.3) is 5.91 Å². The largest absolute Gasteiger partial charge is 0.444 e. The van der Waals surface area contributed by atoms with E-state index >= 15 is 0 Å². The Kier molecular flexibility index (Phi) is 5.96. The first-order valence-corrected chi connectivity index (χ1v) is 12.1. The zero-order valence-corrected chi connectivity index (χ0v) is 20.4. The maximum Gasteiger partial charge on any atom is 0.410 e. The van der Waals surface area contributed by atoms with Crippen LogP contribution in [0.15, 0.2) is 48.7 Å². The normalized spacial score (nSPS) is 16.0. The van der Waals surface area contributed by atoms with Gasteiger partial charge in [0, 0.05) is 73.5 Å². The van der Waals surface area contributed by atoms with Crippen LogP contribution < -0.4 is 10.2 Å². The molecule has 2 aliphatic heterocycles. The number of rotatable bonds is 3. The summed E-state index contributed by atoms with van der Waals surface area (Å²) in [6.45, 7) is 9.12. The quantitative estimate of drug-likeness (QED) is 0.598. The van der Waals surface area contributed by atoms with E-state index in [1.165, 1.54) is 0 Å². The fourth-order valence-corrected chi connectivity index (χ4v) is 4.52. The van der Waals surface area contributed by atoms with E-state index < -0.39 is 5.60 Å². The standard InChI is InChI=1S/C27H31N5O3/c1-27(2,3)35-26(34)32-14-12-31(13-15-32)20-6-4-18(5-7-20)23-16-19(8-10-28-23)24-17-21-22(30-24)9-11-29-25(21)33/h4-8,10,16-17,30H,9,11-15H2,1-3H3,(H,29,33). The Morgan fingerprint density at radius 3 is 2.43 bits per heavy atom. The van der Waals surface area contributed by atoms with Gasteiger partial charge in [0.05, 0.1) is 11.3 Å². The Balaban J connectivity index is 1.26. The molecule has 2 N–H and O–H groups in total. The fraction of sp³-hybridized carbons (Fsp3) is 0.370. The van der Waals surface area contributed by atoms with Crippen LogP contribution in [0.2, 0.25) is 0 Å². The molecule has 2 aromatic heterocycles. The molecular weight excluding hydrogens is 442 g/mol. The number of pyridine rings is 1. The minimum atomic E-state index is -0.482. The second kappa shape index (κ2) is 9.09. The molecule has 3 aromatic rings. The average Bonchev–Trinajstić information content (AvgIpc) is 3.29. The van der Waals surface area contributed by atoms with Gasteiger partial charge in [0.2, 0.25) is 0 Å². The summed E-state index contributed by atoms with van der Waals surface area (Å²) in [5.74, 6) is -0.0226. The summed E-state index contributed by atoms with van der Waals surface area (Å²) < 4.78 is 5.49. The third-order valence-corrected chi connectivity index (χ3v) is 6.34. The van der Waals surface area contributed by atoms with Crippen molar-refractivity contribution in [2.75, 3.05) is 37.6 Å². The van der Waals surface area contributed by atoms with Crippen LogP contribution in [0.4, 0.5) is 10.5 Å². The van der Waals surface area contributed by atoms with Crippen molar-refractivity contribution >= 4 is 17.7 Å². The zero-order valence-electron chi connectivity index (χ0n) is 20.4. The second-order valence-electron chi connectivity index (χ2n) is 10.0. The van der Waals surface area contributed by atoms with Crippen molar-refractivity contribution in [3.8, 4) is 22.5 Å². The predicted octanol–water partition coefficient (Wildman–Crippen LogP) is 4.09. The molecule has 4 heterocycles. The molecule has 0 unspecified atom stereocenters. The first-order chi connectivity index (χ1) is 16.8. The maximum absolute atomic E-state index is 12.3. The number of ether oxygens (including phenoxy) is 1. The first-order valence-electron chi connectivity index (χ1n) is 12.1. The Labute approximate surface area is 205 Å². The van der Waals surface area contributed by atoms with Crippen molar-refractivity contribution in [1.29, 1.82) is 0 Å². The number of anilines is 1. The third-order valence-electron chi connectivity index (χ3n) is 6.34. The molecule has 0 radical (unpaired) electrons. The Hall–Kier alpha value is -3.81. The van der Waals surface area contributed by atoms with E-state index in [2.05, 4.69) is 44.5 Å². The number of piperazine rings is 1. The van der Waals surface area contributed by atoms with Crippen LogP contribution in [0.3, 0.4) is 0 Å². The van der Waals surface area contributed by atoms with E-state index in [1.54, 1.807) is 11.1 Å². The van der Waals surface area contributed by atoms with Crippen LogP contribution in [0, 0.1) is 0 Å². The number of nitrogens with one attached hydrogen (secondary N) is 2. The molecule has 2 amide bonds. The molecule has 0 spiro atoms. The Bertz CT molecular complexity index is 1230. The summed E-state index contributed by atoms with van der Waals surface area (Å²) in [6, 6.07) is 14.3. The summed E-state index contributed by atoms with van der Waals surface area (Å²) in [6.07, 6.45) is 2.36. The SMILES string of the molecule is CC(C)(C)OC(=O)N1CCN(c2ccc(-c3cc(-c4cc5c([nH]4)CCNC5=O)ccn3)cc2)CC1. The van der Waals surface area contributed by atoms with Crippen LogP contribution in [0.25, 0.3) is 22.5 Å². The van der Waals surface area contributed by atoms with E-state index in [9.17, 15) is 9.59 Å². The second-order valence-corrected chi connectivity index (χ2v) is 10.0. The van der Waals surface area contributed by atoms with Crippen molar-refractivity contribution in [2.24, 2.45) is 0 Å². The lowest BCUT2D eigenvalue weighted by molar-refractivity contribution is 0.0240. The summed E-state index contributed by atoms with van der Waals surface area (Å²) in [7, 11) is 0. The van der Waals surface area contributed by atoms with E-state index in [1.807, 2.05) is 39.0 Å². The minimum absolute atomic E-state index is 0.0226. The molecule has 8 nitrogen and oxygen atoms in total. The monoisotopic (exact) mass is 473 g/mol. The number of carbonyl (C=O) groups is 2. The average molecular weight is 474 g/mol. The van der Waals surface area contributed by atoms with Crippen LogP contribution in [0.5, 0.6) is 0 Å². The van der Waals surface area contributed by atoms with Gasteiger partial charge in [-0.3, -0.25) is 9.78 Å². The highest BCUT2D eigenvalue weighted by Crippen LogP contribution is 2.28. The lowest BCUT2D eigenvalue weighted by atomic mass is 10.1. The van der Waals surface area contributed by atoms with Gasteiger partial charge in [0.15, 0.2) is 0 Å². The van der Waals surface area contributed by atoms with Crippen LogP contribution in [0.1, 0.15) is 36.8 Å². The Morgan fingerprint density at radius 1 is 1.00 bits per heavy atom. The molecular formula is C27H31N5O3. The number of amides is 2. The number of hydrogen-bond donors (Lipinski definition) is 2. The van der Waals surface area contributed by atoms with Gasteiger partial charge in [-0.05, 0) is 51.1 Å². The van der Waals surface area contributed by atoms with E-state index in [-0.39, 0.29) is 12.0 Å². The van der Waals surface area contributed by atoms with Crippen molar-refractivity contribution < 1.29 is 14.3 Å². The first kappa shape index (κ1) is 23.0. The lowest BCUT2D eigenvalue weighted by Gasteiger charge is -2.36. The van der Waals surface area contributed by atoms with Crippen molar-refractivity contribution in [3.05, 3.63) is 59.9 Å². The van der Waals surface area contributed by atoms with Gasteiger partial charge >= 0.3 is 6.09 Å². The number of hydrogen-bond acceptors (Lipinski definition) is 5. The molecule has 0 saturated carbocycles. The zero-order chi connectivity index (χ0) is 24.6. The molecule has 5 rings (SSSR count). The lowest BCUT2D eigenvalue weighted by Crippen LogP contribution is -2.50. The van der Waals surface area contributed by atoms with Gasteiger partial charge in [-0.15, -0.1) is 0 Å². The van der Waals surface area contributed by atoms with Gasteiger partial charge in [0.1, 0.15) is 5.60 Å². The summed E-state index contributed by atoms with van der Waals surface area (Å²) in [5, 5.41) is 2.89. The van der Waals surface area contributed by atoms with E-state index in [0.717, 1.165) is 59.0 Å². The number of carbonyl (C=O) groups excluding carboxylic acids is 2. The molecule has 8 heteroatoms. The minimum Gasteiger partial charge on any atom is -0.444 e. The number of nitrogens with zero attached hydrogens (tertiary/aromatic N) is 3. The molecule has 182 valence electrons. The molecule has 1 fully saturated rings. The summed E-state index contributed by atoms with van der Waals surface area (Å²) in [4.78, 5) is 36.5. The number of benzene rings is 1. The summed E-state index contributed by atoms with van der Waals surface area (Å²) in [5.41, 5.74) is 6.17. The highest BCUT2D eigenvalue weighted by Gasteiger charge is 2.26. The van der Waals surface area contributed by atoms with Gasteiger partial charge in [-0.25, -0.2) is 4.79 Å². The highest BCUT2D eigenvalue weighted by atomic mass is 16.6. The highest BCUT2D eigenvalue weighted by molar-refractivity contribution is 5.97. The predicted molar refractivity (Wildman–Crippen MR) is 136 cm³/mol. The molecule has 1 aromatic carbocycles. The fourth-order valence-electron chi connectivity index (χ4n) is 4.52. The molecule has 1 saturated heterocycles. The maximum atomic E-state index is 12.3. The molecule has 0 atom stereocenters. The molecule has 0 aliphatic carbocycles. The van der Waals surface area contributed by atoms with Crippen LogP contribution >= 0.6 is 0 Å². The van der Waals surface area contributed by atoms with Gasteiger partial charge in [-0.1, -0.05) is 12.1 Å². The Morgan fingerprint density at radius 2 is 1.74 bits per heavy atom.